The molecule has 0 bridgehead atoms. The van der Waals surface area contributed by atoms with E-state index in [1.165, 1.54) is 5.56 Å². The number of nitrogens with one attached hydrogen (secondary N) is 2. The third-order valence-electron chi connectivity index (χ3n) is 3.74. The van der Waals surface area contributed by atoms with Gasteiger partial charge in [0.05, 0.1) is 6.61 Å². The lowest BCUT2D eigenvalue weighted by Crippen LogP contribution is -2.29. The second-order valence-corrected chi connectivity index (χ2v) is 6.63. The first-order valence-corrected chi connectivity index (χ1v) is 8.96. The van der Waals surface area contributed by atoms with Crippen molar-refractivity contribution in [1.82, 2.24) is 10.3 Å². The number of benzene rings is 1. The third kappa shape index (κ3) is 4.73. The molecule has 1 aromatic heterocycles. The smallest absolute Gasteiger partial charge is 0.288 e. The number of amides is 2. The molecule has 2 aromatic rings. The quantitative estimate of drug-likeness (QED) is 0.793. The van der Waals surface area contributed by atoms with Crippen molar-refractivity contribution >= 4 is 28.6 Å². The van der Waals surface area contributed by atoms with Gasteiger partial charge in [0, 0.05) is 30.1 Å². The summed E-state index contributed by atoms with van der Waals surface area (Å²) >= 11 is 0.933. The van der Waals surface area contributed by atoms with Crippen molar-refractivity contribution in [1.29, 1.82) is 0 Å². The second kappa shape index (κ2) is 8.02. The van der Waals surface area contributed by atoms with Crippen LogP contribution in [-0.2, 0) is 17.6 Å². The zero-order valence-corrected chi connectivity index (χ0v) is 14.6. The summed E-state index contributed by atoms with van der Waals surface area (Å²) in [5.41, 5.74) is 2.94. The highest BCUT2D eigenvalue weighted by atomic mass is 32.2. The van der Waals surface area contributed by atoms with Crippen LogP contribution in [0.3, 0.4) is 0 Å². The summed E-state index contributed by atoms with van der Waals surface area (Å²) in [5.74, 6) is 0.368. The molecule has 0 aliphatic carbocycles. The molecule has 0 radical (unpaired) electrons. The molecule has 1 saturated heterocycles. The van der Waals surface area contributed by atoms with E-state index in [-0.39, 0.29) is 11.1 Å². The van der Waals surface area contributed by atoms with Crippen LogP contribution in [-0.4, -0.2) is 28.1 Å². The Bertz CT molecular complexity index is 764. The monoisotopic (exact) mass is 357 g/mol. The summed E-state index contributed by atoms with van der Waals surface area (Å²) in [6, 6.07) is 11.4. The van der Waals surface area contributed by atoms with Crippen molar-refractivity contribution in [2.45, 2.75) is 25.1 Å². The zero-order chi connectivity index (χ0) is 17.6. The first-order chi connectivity index (χ1) is 12.1. The summed E-state index contributed by atoms with van der Waals surface area (Å²) < 4.78 is 5.77. The van der Waals surface area contributed by atoms with E-state index in [9.17, 15) is 9.59 Å². The van der Waals surface area contributed by atoms with Crippen LogP contribution in [0, 0.1) is 0 Å². The van der Waals surface area contributed by atoms with Crippen molar-refractivity contribution in [2.24, 2.45) is 0 Å². The fourth-order valence-electron chi connectivity index (χ4n) is 2.36. The fraction of sp³-hybridized carbons (Fsp3) is 0.278. The summed E-state index contributed by atoms with van der Waals surface area (Å²) in [7, 11) is 0. The first kappa shape index (κ1) is 17.3. The highest BCUT2D eigenvalue weighted by molar-refractivity contribution is 8.15. The lowest BCUT2D eigenvalue weighted by atomic mass is 10.2. The van der Waals surface area contributed by atoms with Gasteiger partial charge in [-0.15, -0.1) is 0 Å². The predicted molar refractivity (Wildman–Crippen MR) is 97.8 cm³/mol. The normalized spacial score (nSPS) is 16.6. The molecular formula is C18H19N3O3S. The minimum absolute atomic E-state index is 0.331. The van der Waals surface area contributed by atoms with Crippen LogP contribution >= 0.6 is 11.8 Å². The van der Waals surface area contributed by atoms with Crippen LogP contribution in [0.5, 0.6) is 5.75 Å². The molecule has 2 amide bonds. The number of carbonyl (C=O) groups is 2. The average molecular weight is 357 g/mol. The number of hydrogen-bond donors (Lipinski definition) is 2. The summed E-state index contributed by atoms with van der Waals surface area (Å²) in [5, 5.41) is 4.32. The van der Waals surface area contributed by atoms with E-state index in [0.29, 0.717) is 12.4 Å². The van der Waals surface area contributed by atoms with E-state index < -0.39 is 5.37 Å². The molecule has 25 heavy (non-hydrogen) atoms. The SMILES string of the molecule is CCc1ccc(CCOc2cccc(NC3SC(=O)NC3=O)c2)nc1. The van der Waals surface area contributed by atoms with Crippen LogP contribution in [0.25, 0.3) is 0 Å². The Balaban J connectivity index is 1.52. The lowest BCUT2D eigenvalue weighted by molar-refractivity contribution is -0.118. The summed E-state index contributed by atoms with van der Waals surface area (Å²) in [4.78, 5) is 27.2. The molecule has 1 aliphatic heterocycles. The maximum Gasteiger partial charge on any atom is 0.288 e. The minimum atomic E-state index is -0.607. The Morgan fingerprint density at radius 1 is 1.28 bits per heavy atom. The number of anilines is 1. The molecule has 1 atom stereocenters. The number of ether oxygens (including phenoxy) is 1. The highest BCUT2D eigenvalue weighted by Crippen LogP contribution is 2.24. The molecule has 130 valence electrons. The van der Waals surface area contributed by atoms with Gasteiger partial charge in [-0.25, -0.2) is 0 Å². The van der Waals surface area contributed by atoms with Crippen LogP contribution in [0.1, 0.15) is 18.2 Å². The van der Waals surface area contributed by atoms with Gasteiger partial charge < -0.3 is 10.1 Å². The molecule has 7 heteroatoms. The molecule has 1 aromatic carbocycles. The van der Waals surface area contributed by atoms with Crippen LogP contribution < -0.4 is 15.4 Å². The number of aryl methyl sites for hydroxylation is 1. The number of carbonyl (C=O) groups excluding carboxylic acids is 2. The Morgan fingerprint density at radius 3 is 2.84 bits per heavy atom. The third-order valence-corrected chi connectivity index (χ3v) is 4.63. The predicted octanol–water partition coefficient (Wildman–Crippen LogP) is 2.99. The van der Waals surface area contributed by atoms with E-state index in [1.54, 1.807) is 0 Å². The van der Waals surface area contributed by atoms with Crippen LogP contribution in [0.15, 0.2) is 42.6 Å². The molecule has 6 nitrogen and oxygen atoms in total. The van der Waals surface area contributed by atoms with Crippen molar-refractivity contribution in [3.8, 4) is 5.75 Å². The van der Waals surface area contributed by atoms with Gasteiger partial charge >= 0.3 is 0 Å². The summed E-state index contributed by atoms with van der Waals surface area (Å²) in [6.07, 6.45) is 3.59. The standard InChI is InChI=1S/C18H19N3O3S/c1-2-12-6-7-13(19-11-12)8-9-24-15-5-3-4-14(10-15)20-17-16(22)21-18(23)25-17/h3-7,10-11,17,20H,2,8-9H2,1H3,(H,21,22,23). The number of rotatable bonds is 7. The highest BCUT2D eigenvalue weighted by Gasteiger charge is 2.31. The Hall–Kier alpha value is -2.54. The zero-order valence-electron chi connectivity index (χ0n) is 13.8. The number of hydrogen-bond acceptors (Lipinski definition) is 6. The maximum absolute atomic E-state index is 11.6. The fourth-order valence-corrected chi connectivity index (χ4v) is 3.10. The number of aromatic nitrogens is 1. The van der Waals surface area contributed by atoms with Gasteiger partial charge in [0.25, 0.3) is 11.1 Å². The molecule has 1 unspecified atom stereocenters. The van der Waals surface area contributed by atoms with Gasteiger partial charge in [0.1, 0.15) is 5.75 Å². The number of pyridine rings is 1. The van der Waals surface area contributed by atoms with Gasteiger partial charge in [0.2, 0.25) is 0 Å². The minimum Gasteiger partial charge on any atom is -0.493 e. The molecule has 2 heterocycles. The maximum atomic E-state index is 11.6. The lowest BCUT2D eigenvalue weighted by Gasteiger charge is -2.12. The summed E-state index contributed by atoms with van der Waals surface area (Å²) in [6.45, 7) is 2.61. The van der Waals surface area contributed by atoms with Gasteiger partial charge in [-0.2, -0.15) is 0 Å². The van der Waals surface area contributed by atoms with Crippen LogP contribution in [0.2, 0.25) is 0 Å². The van der Waals surface area contributed by atoms with E-state index in [1.807, 2.05) is 36.5 Å². The average Bonchev–Trinajstić information content (AvgIpc) is 2.93. The molecular weight excluding hydrogens is 338 g/mol. The van der Waals surface area contributed by atoms with Crippen molar-refractivity contribution in [3.05, 3.63) is 53.9 Å². The van der Waals surface area contributed by atoms with E-state index >= 15 is 0 Å². The Morgan fingerprint density at radius 2 is 2.16 bits per heavy atom. The Kier molecular flexibility index (Phi) is 5.55. The van der Waals surface area contributed by atoms with E-state index in [4.69, 9.17) is 4.74 Å². The number of nitrogens with zero attached hydrogens (tertiary/aromatic N) is 1. The second-order valence-electron chi connectivity index (χ2n) is 5.56. The van der Waals surface area contributed by atoms with Gasteiger partial charge in [-0.1, -0.05) is 19.1 Å². The van der Waals surface area contributed by atoms with Gasteiger partial charge in [0.15, 0.2) is 5.37 Å². The number of thioether (sulfide) groups is 1. The largest absolute Gasteiger partial charge is 0.493 e. The van der Waals surface area contributed by atoms with E-state index in [2.05, 4.69) is 28.6 Å². The molecule has 3 rings (SSSR count). The molecule has 0 spiro atoms. The topological polar surface area (TPSA) is 80.3 Å². The molecule has 1 aliphatic rings. The molecule has 2 N–H and O–H groups in total. The van der Waals surface area contributed by atoms with Gasteiger partial charge in [-0.05, 0) is 41.9 Å². The Labute approximate surface area is 150 Å². The van der Waals surface area contributed by atoms with Crippen molar-refractivity contribution in [2.75, 3.05) is 11.9 Å². The van der Waals surface area contributed by atoms with E-state index in [0.717, 1.165) is 36.0 Å². The number of imide groups is 1. The van der Waals surface area contributed by atoms with Crippen LogP contribution in [0.4, 0.5) is 10.5 Å². The van der Waals surface area contributed by atoms with Gasteiger partial charge in [-0.3, -0.25) is 19.9 Å². The molecule has 1 fully saturated rings. The first-order valence-electron chi connectivity index (χ1n) is 8.08. The van der Waals surface area contributed by atoms with Crippen molar-refractivity contribution in [3.63, 3.8) is 0 Å². The molecule has 0 saturated carbocycles. The van der Waals surface area contributed by atoms with Crippen molar-refractivity contribution < 1.29 is 14.3 Å².